The number of aromatic nitrogens is 4. The molecule has 5 aromatic rings. The molecule has 6 rings (SSSR count). The Morgan fingerprint density at radius 1 is 0.741 bits per heavy atom. The first kappa shape index (κ1) is 40.7. The highest BCUT2D eigenvalue weighted by atomic mass is 16.5. The summed E-state index contributed by atoms with van der Waals surface area (Å²) in [6.45, 7) is 10.7. The third kappa shape index (κ3) is 11.3. The molecule has 54 heavy (non-hydrogen) atoms. The fourth-order valence-corrected chi connectivity index (χ4v) is 7.76. The van der Waals surface area contributed by atoms with Gasteiger partial charge in [-0.25, -0.2) is 9.97 Å². The lowest BCUT2D eigenvalue weighted by Gasteiger charge is -2.36. The van der Waals surface area contributed by atoms with E-state index in [-0.39, 0.29) is 0 Å². The molecule has 0 N–H and O–H groups in total. The van der Waals surface area contributed by atoms with Gasteiger partial charge in [0.15, 0.2) is 6.29 Å². The summed E-state index contributed by atoms with van der Waals surface area (Å²) >= 11 is 0. The van der Waals surface area contributed by atoms with E-state index in [4.69, 9.17) is 9.72 Å². The fourth-order valence-electron chi connectivity index (χ4n) is 7.76. The van der Waals surface area contributed by atoms with Crippen LogP contribution in [0.5, 0.6) is 5.75 Å². The van der Waals surface area contributed by atoms with Gasteiger partial charge in [0, 0.05) is 37.3 Å². The van der Waals surface area contributed by atoms with Gasteiger partial charge in [-0.05, 0) is 55.7 Å². The predicted molar refractivity (Wildman–Crippen MR) is 223 cm³/mol. The molecule has 0 aliphatic heterocycles. The third-order valence-electron chi connectivity index (χ3n) is 10.8. The highest BCUT2D eigenvalue weighted by molar-refractivity contribution is 5.74. The molecule has 3 aromatic carbocycles. The Kier molecular flexibility index (Phi) is 16.6. The van der Waals surface area contributed by atoms with Gasteiger partial charge in [0.05, 0.1) is 31.2 Å². The Morgan fingerprint density at radius 3 is 1.89 bits per heavy atom. The number of hydrogen-bond donors (Lipinski definition) is 0. The van der Waals surface area contributed by atoms with Crippen molar-refractivity contribution in [3.8, 4) is 28.5 Å². The SMILES string of the molecule is CCCC[C@@H](c1cnc(-c2ccccc2)n1CCCC)N(Cc1ccc(OC)cc1)CC1CCCCC1.CCCCn1c(C=O)cnc1-c1ccccc1. The van der Waals surface area contributed by atoms with Gasteiger partial charge >= 0.3 is 0 Å². The average molecular weight is 730 g/mol. The molecule has 1 atom stereocenters. The minimum atomic E-state index is 0.366. The van der Waals surface area contributed by atoms with E-state index < -0.39 is 0 Å². The fraction of sp³-hybridized carbons (Fsp3) is 0.468. The van der Waals surface area contributed by atoms with E-state index in [1.807, 2.05) is 34.9 Å². The lowest BCUT2D eigenvalue weighted by atomic mass is 9.88. The van der Waals surface area contributed by atoms with Gasteiger partial charge in [-0.15, -0.1) is 0 Å². The molecule has 7 nitrogen and oxygen atoms in total. The molecule has 0 amide bonds. The van der Waals surface area contributed by atoms with Crippen LogP contribution in [0.4, 0.5) is 0 Å². The summed E-state index contributed by atoms with van der Waals surface area (Å²) in [5.74, 6) is 3.71. The number of ether oxygens (including phenoxy) is 1. The number of rotatable bonds is 19. The third-order valence-corrected chi connectivity index (χ3v) is 10.8. The summed E-state index contributed by atoms with van der Waals surface area (Å²) in [5, 5.41) is 0. The van der Waals surface area contributed by atoms with Crippen LogP contribution in [0.15, 0.2) is 97.3 Å². The first-order valence-electron chi connectivity index (χ1n) is 20.6. The summed E-state index contributed by atoms with van der Waals surface area (Å²) in [4.78, 5) is 23.2. The Labute approximate surface area is 324 Å². The Morgan fingerprint density at radius 2 is 1.31 bits per heavy atom. The van der Waals surface area contributed by atoms with Gasteiger partial charge in [0.2, 0.25) is 0 Å². The number of unbranched alkanes of at least 4 members (excludes halogenated alkanes) is 3. The van der Waals surface area contributed by atoms with Crippen LogP contribution in [-0.2, 0) is 19.6 Å². The molecule has 1 saturated carbocycles. The molecule has 0 spiro atoms. The smallest absolute Gasteiger partial charge is 0.168 e. The van der Waals surface area contributed by atoms with Crippen LogP contribution in [0, 0.1) is 5.92 Å². The summed E-state index contributed by atoms with van der Waals surface area (Å²) in [5.41, 5.74) is 5.67. The molecule has 2 heterocycles. The van der Waals surface area contributed by atoms with Crippen LogP contribution in [0.25, 0.3) is 22.8 Å². The van der Waals surface area contributed by atoms with Gasteiger partial charge < -0.3 is 13.9 Å². The Bertz CT molecular complexity index is 1770. The lowest BCUT2D eigenvalue weighted by molar-refractivity contribution is 0.111. The normalized spacial score (nSPS) is 13.7. The van der Waals surface area contributed by atoms with E-state index in [0.717, 1.165) is 67.6 Å². The molecule has 288 valence electrons. The largest absolute Gasteiger partial charge is 0.497 e. The van der Waals surface area contributed by atoms with Crippen molar-refractivity contribution in [2.75, 3.05) is 13.7 Å². The lowest BCUT2D eigenvalue weighted by Crippen LogP contribution is -2.35. The second kappa shape index (κ2) is 22.0. The molecule has 7 heteroatoms. The van der Waals surface area contributed by atoms with Crippen molar-refractivity contribution in [1.29, 1.82) is 0 Å². The molecule has 1 aliphatic carbocycles. The monoisotopic (exact) mass is 729 g/mol. The van der Waals surface area contributed by atoms with Crippen molar-refractivity contribution < 1.29 is 9.53 Å². The maximum atomic E-state index is 11.0. The number of methoxy groups -OCH3 is 1. The van der Waals surface area contributed by atoms with E-state index in [1.54, 1.807) is 13.3 Å². The van der Waals surface area contributed by atoms with Gasteiger partial charge in [0.1, 0.15) is 23.1 Å². The van der Waals surface area contributed by atoms with Crippen LogP contribution in [0.1, 0.15) is 126 Å². The Hall–Kier alpha value is -4.49. The average Bonchev–Trinajstić information content (AvgIpc) is 3.85. The molecule has 1 fully saturated rings. The molecule has 2 aromatic heterocycles. The zero-order valence-electron chi connectivity index (χ0n) is 33.3. The summed E-state index contributed by atoms with van der Waals surface area (Å²) in [6, 6.07) is 29.8. The van der Waals surface area contributed by atoms with Crippen LogP contribution in [0.2, 0.25) is 0 Å². The van der Waals surface area contributed by atoms with E-state index in [2.05, 4.69) is 96.0 Å². The van der Waals surface area contributed by atoms with Crippen LogP contribution in [-0.4, -0.2) is 43.9 Å². The summed E-state index contributed by atoms with van der Waals surface area (Å²) in [7, 11) is 1.74. The summed E-state index contributed by atoms with van der Waals surface area (Å²) < 4.78 is 9.97. The van der Waals surface area contributed by atoms with Crippen molar-refractivity contribution in [2.24, 2.45) is 5.92 Å². The molecule has 0 bridgehead atoms. The maximum Gasteiger partial charge on any atom is 0.168 e. The number of nitrogens with zero attached hydrogens (tertiary/aromatic N) is 5. The van der Waals surface area contributed by atoms with Crippen LogP contribution in [0.3, 0.4) is 0 Å². The van der Waals surface area contributed by atoms with Crippen molar-refractivity contribution in [3.63, 3.8) is 0 Å². The van der Waals surface area contributed by atoms with Crippen molar-refractivity contribution in [3.05, 3.63) is 114 Å². The zero-order chi connectivity index (χ0) is 38.0. The highest BCUT2D eigenvalue weighted by Crippen LogP contribution is 2.35. The number of carbonyl (C=O) groups excluding carboxylic acids is 1. The van der Waals surface area contributed by atoms with Crippen molar-refractivity contribution in [1.82, 2.24) is 24.0 Å². The Balaban J connectivity index is 0.000000274. The number of hydrogen-bond acceptors (Lipinski definition) is 5. The van der Waals surface area contributed by atoms with Gasteiger partial charge in [0.25, 0.3) is 0 Å². The standard InChI is InChI=1S/C33H47N3O.C14H16N2O/c1-4-6-18-31(32-24-34-33(36(32)23-7-5-2)29-16-12-9-13-17-29)35(25-27-14-10-8-11-15-27)26-28-19-21-30(37-3)22-20-28;1-2-3-9-16-13(11-17)10-15-14(16)12-7-5-4-6-8-12/h9,12-13,16-17,19-22,24,27,31H,4-8,10-11,14-15,18,23,25-26H2,1-3H3;4-8,10-11H,2-3,9H2,1H3/t31-;/m0./s1. The maximum absolute atomic E-state index is 11.0. The van der Waals surface area contributed by atoms with Crippen LogP contribution < -0.4 is 4.74 Å². The van der Waals surface area contributed by atoms with E-state index in [0.29, 0.717) is 11.7 Å². The molecule has 0 saturated heterocycles. The topological polar surface area (TPSA) is 65.2 Å². The van der Waals surface area contributed by atoms with E-state index in [9.17, 15) is 4.79 Å². The minimum absolute atomic E-state index is 0.366. The molecule has 0 unspecified atom stereocenters. The second-order valence-corrected chi connectivity index (χ2v) is 14.8. The second-order valence-electron chi connectivity index (χ2n) is 14.8. The molecule has 1 aliphatic rings. The minimum Gasteiger partial charge on any atom is -0.497 e. The number of aldehydes is 1. The summed E-state index contributed by atoms with van der Waals surface area (Å²) in [6.07, 6.45) is 19.7. The van der Waals surface area contributed by atoms with Crippen LogP contribution >= 0.6 is 0 Å². The van der Waals surface area contributed by atoms with Crippen molar-refractivity contribution >= 4 is 6.29 Å². The van der Waals surface area contributed by atoms with E-state index in [1.165, 1.54) is 87.6 Å². The predicted octanol–water partition coefficient (Wildman–Crippen LogP) is 11.8. The number of carbonyl (C=O) groups is 1. The van der Waals surface area contributed by atoms with Gasteiger partial charge in [-0.1, -0.05) is 139 Å². The first-order valence-corrected chi connectivity index (χ1v) is 20.6. The number of imidazole rings is 2. The number of benzene rings is 3. The highest BCUT2D eigenvalue weighted by Gasteiger charge is 2.28. The van der Waals surface area contributed by atoms with Gasteiger partial charge in [-0.3, -0.25) is 9.69 Å². The molecule has 0 radical (unpaired) electrons. The quantitative estimate of drug-likeness (QED) is 0.0792. The van der Waals surface area contributed by atoms with Crippen molar-refractivity contribution in [2.45, 2.75) is 123 Å². The van der Waals surface area contributed by atoms with Gasteiger partial charge in [-0.2, -0.15) is 0 Å². The molecular formula is C47H63N5O2. The zero-order valence-corrected chi connectivity index (χ0v) is 33.3. The first-order chi connectivity index (χ1) is 26.6. The molecular weight excluding hydrogens is 667 g/mol. The van der Waals surface area contributed by atoms with E-state index >= 15 is 0 Å².